The van der Waals surface area contributed by atoms with Crippen LogP contribution in [0.25, 0.3) is 0 Å². The van der Waals surface area contributed by atoms with Crippen molar-refractivity contribution in [1.29, 1.82) is 0 Å². The van der Waals surface area contributed by atoms with E-state index in [1.807, 2.05) is 0 Å². The lowest BCUT2D eigenvalue weighted by molar-refractivity contribution is -0.122. The minimum Gasteiger partial charge on any atom is -0.499 e. The molecule has 31 heavy (non-hydrogen) atoms. The molecular formula is C22H34N6O3. The molecule has 9 heteroatoms. The van der Waals surface area contributed by atoms with Gasteiger partial charge in [-0.2, -0.15) is 0 Å². The first-order valence-corrected chi connectivity index (χ1v) is 11.2. The number of rotatable bonds is 1. The largest absolute Gasteiger partial charge is 0.499 e. The topological polar surface area (TPSA) is 90.8 Å². The number of nitrogens with zero attached hydrogens (tertiary/aromatic N) is 4. The van der Waals surface area contributed by atoms with E-state index in [2.05, 4.69) is 45.6 Å². The lowest BCUT2D eigenvalue weighted by Crippen LogP contribution is -2.36. The molecule has 3 heterocycles. The van der Waals surface area contributed by atoms with Gasteiger partial charge in [0.2, 0.25) is 5.91 Å². The van der Waals surface area contributed by atoms with E-state index in [0.717, 1.165) is 55.3 Å². The second-order valence-corrected chi connectivity index (χ2v) is 8.72. The third-order valence-electron chi connectivity index (χ3n) is 6.36. The summed E-state index contributed by atoms with van der Waals surface area (Å²) >= 11 is 0. The van der Waals surface area contributed by atoms with Crippen molar-refractivity contribution in [2.45, 2.75) is 38.0 Å². The van der Waals surface area contributed by atoms with Gasteiger partial charge < -0.3 is 29.9 Å². The van der Waals surface area contributed by atoms with Crippen LogP contribution in [0.5, 0.6) is 0 Å². The van der Waals surface area contributed by atoms with Crippen molar-refractivity contribution in [2.75, 3.05) is 54.0 Å². The van der Waals surface area contributed by atoms with Crippen LogP contribution in [-0.4, -0.2) is 94.0 Å². The Morgan fingerprint density at radius 2 is 2.03 bits per heavy atom. The number of hydrogen-bond acceptors (Lipinski definition) is 8. The Kier molecular flexibility index (Phi) is 7.04. The van der Waals surface area contributed by atoms with Crippen LogP contribution in [0.1, 0.15) is 25.7 Å². The molecule has 0 aromatic carbocycles. The van der Waals surface area contributed by atoms with Crippen molar-refractivity contribution >= 4 is 18.0 Å². The molecule has 0 aromatic heterocycles. The van der Waals surface area contributed by atoms with Crippen LogP contribution < -0.4 is 10.6 Å². The summed E-state index contributed by atoms with van der Waals surface area (Å²) in [7, 11) is 5.92. The monoisotopic (exact) mass is 430 g/mol. The van der Waals surface area contributed by atoms with Crippen molar-refractivity contribution in [2.24, 2.45) is 15.9 Å². The van der Waals surface area contributed by atoms with Crippen LogP contribution in [0, 0.1) is 5.92 Å². The van der Waals surface area contributed by atoms with Gasteiger partial charge in [0, 0.05) is 50.4 Å². The molecule has 2 N–H and O–H groups in total. The second kappa shape index (κ2) is 9.93. The third kappa shape index (κ3) is 5.16. The fourth-order valence-electron chi connectivity index (χ4n) is 4.51. The summed E-state index contributed by atoms with van der Waals surface area (Å²) in [5.41, 5.74) is 1.95. The van der Waals surface area contributed by atoms with Gasteiger partial charge in [-0.3, -0.25) is 4.79 Å². The molecule has 170 valence electrons. The summed E-state index contributed by atoms with van der Waals surface area (Å²) < 4.78 is 11.7. The summed E-state index contributed by atoms with van der Waals surface area (Å²) in [5, 5.41) is 6.21. The van der Waals surface area contributed by atoms with Crippen LogP contribution in [-0.2, 0) is 14.3 Å². The molecule has 0 aromatic rings. The van der Waals surface area contributed by atoms with E-state index < -0.39 is 0 Å². The van der Waals surface area contributed by atoms with Crippen LogP contribution in [0.2, 0.25) is 0 Å². The molecule has 1 saturated heterocycles. The quantitative estimate of drug-likeness (QED) is 0.637. The van der Waals surface area contributed by atoms with Crippen molar-refractivity contribution in [3.05, 3.63) is 23.2 Å². The summed E-state index contributed by atoms with van der Waals surface area (Å²) in [6.07, 6.45) is 6.72. The number of allylic oxidation sites excluding steroid dienone is 1. The first-order chi connectivity index (χ1) is 15.0. The van der Waals surface area contributed by atoms with Gasteiger partial charge in [0.15, 0.2) is 0 Å². The molecule has 3 unspecified atom stereocenters. The van der Waals surface area contributed by atoms with Crippen molar-refractivity contribution in [3.8, 4) is 0 Å². The number of aliphatic imine (C=N–C) groups is 2. The lowest BCUT2D eigenvalue weighted by atomic mass is 9.98. The van der Waals surface area contributed by atoms with E-state index in [0.29, 0.717) is 26.0 Å². The van der Waals surface area contributed by atoms with Gasteiger partial charge in [0.05, 0.1) is 19.4 Å². The Labute approximate surface area is 184 Å². The molecular weight excluding hydrogens is 396 g/mol. The van der Waals surface area contributed by atoms with Crippen LogP contribution >= 0.6 is 0 Å². The Morgan fingerprint density at radius 3 is 2.87 bits per heavy atom. The molecule has 3 aliphatic heterocycles. The van der Waals surface area contributed by atoms with E-state index >= 15 is 0 Å². The standard InChI is InChI=1S/C22H34N6O3/c1-27-8-4-5-11-31-18-12-15(6-7-17(18)30-3)25-20-19-16(13-28(2)10-9-27)22(29)26-21(19)24-14-23-20/h7,14,16,18,21H,4-6,8-13H2,1-3H3,(H,23,24)(H,26,29). The first kappa shape index (κ1) is 22.0. The maximum Gasteiger partial charge on any atom is 0.230 e. The number of hydrogen-bond donors (Lipinski definition) is 2. The van der Waals surface area contributed by atoms with E-state index in [4.69, 9.17) is 14.5 Å². The zero-order valence-electron chi connectivity index (χ0n) is 18.8. The maximum atomic E-state index is 12.8. The predicted molar refractivity (Wildman–Crippen MR) is 120 cm³/mol. The predicted octanol–water partition coefficient (Wildman–Crippen LogP) is 0.709. The first-order valence-electron chi connectivity index (χ1n) is 11.2. The van der Waals surface area contributed by atoms with Crippen LogP contribution in [0.15, 0.2) is 33.2 Å². The third-order valence-corrected chi connectivity index (χ3v) is 6.36. The molecule has 1 aliphatic carbocycles. The van der Waals surface area contributed by atoms with Gasteiger partial charge in [-0.15, -0.1) is 0 Å². The summed E-state index contributed by atoms with van der Waals surface area (Å²) in [4.78, 5) is 26.7. The summed E-state index contributed by atoms with van der Waals surface area (Å²) in [6, 6.07) is 0. The van der Waals surface area contributed by atoms with Gasteiger partial charge in [-0.25, -0.2) is 9.98 Å². The number of carbonyl (C=O) groups is 1. The van der Waals surface area contributed by atoms with Crippen molar-refractivity contribution in [3.63, 3.8) is 0 Å². The number of amides is 1. The van der Waals surface area contributed by atoms with E-state index in [-0.39, 0.29) is 24.1 Å². The summed E-state index contributed by atoms with van der Waals surface area (Å²) in [5.74, 6) is 1.37. The highest BCUT2D eigenvalue weighted by atomic mass is 16.5. The molecule has 0 radical (unpaired) electrons. The highest BCUT2D eigenvalue weighted by molar-refractivity contribution is 5.91. The smallest absolute Gasteiger partial charge is 0.230 e. The number of likely N-dealkylation sites (N-methyl/N-ethyl adjacent to an activating group) is 2. The highest BCUT2D eigenvalue weighted by Crippen LogP contribution is 2.30. The second-order valence-electron chi connectivity index (χ2n) is 8.72. The number of methoxy groups -OCH3 is 1. The Bertz CT molecular complexity index is 805. The molecule has 1 amide bonds. The van der Waals surface area contributed by atoms with E-state index in [1.165, 1.54) is 0 Å². The number of fused-ring (bicyclic) bond motifs is 2. The average Bonchev–Trinajstić information content (AvgIpc) is 3.07. The molecule has 0 saturated carbocycles. The lowest BCUT2D eigenvalue weighted by Gasteiger charge is -2.26. The number of carbonyl (C=O) groups excluding carboxylic acids is 1. The van der Waals surface area contributed by atoms with Gasteiger partial charge in [-0.1, -0.05) is 0 Å². The SMILES string of the molecule is COC1=CCC2=NC3=C4C(N=CN3)NC(=O)C4CN(C)CCN(C)CCCCOC1C2. The van der Waals surface area contributed by atoms with Gasteiger partial charge >= 0.3 is 0 Å². The summed E-state index contributed by atoms with van der Waals surface area (Å²) in [6.45, 7) is 4.24. The fraction of sp³-hybridized carbons (Fsp3) is 0.682. The molecule has 3 atom stereocenters. The Morgan fingerprint density at radius 1 is 1.19 bits per heavy atom. The zero-order valence-corrected chi connectivity index (χ0v) is 18.8. The minimum absolute atomic E-state index is 0.0168. The normalized spacial score (nSPS) is 31.2. The number of ether oxygens (including phenoxy) is 2. The number of nitrogens with one attached hydrogen (secondary N) is 2. The Balaban J connectivity index is 1.64. The van der Waals surface area contributed by atoms with E-state index in [9.17, 15) is 4.79 Å². The molecule has 4 aliphatic rings. The Hall–Kier alpha value is -2.23. The van der Waals surface area contributed by atoms with Gasteiger partial charge in [0.1, 0.15) is 23.8 Å². The van der Waals surface area contributed by atoms with Gasteiger partial charge in [-0.05, 0) is 39.6 Å². The molecule has 0 spiro atoms. The maximum absolute atomic E-state index is 12.8. The zero-order chi connectivity index (χ0) is 21.8. The highest BCUT2D eigenvalue weighted by Gasteiger charge is 2.41. The molecule has 2 bridgehead atoms. The minimum atomic E-state index is -0.336. The molecule has 4 rings (SSSR count). The van der Waals surface area contributed by atoms with Crippen molar-refractivity contribution in [1.82, 2.24) is 20.4 Å². The van der Waals surface area contributed by atoms with E-state index in [1.54, 1.807) is 13.4 Å². The molecule has 1 fully saturated rings. The van der Waals surface area contributed by atoms with Crippen LogP contribution in [0.4, 0.5) is 0 Å². The van der Waals surface area contributed by atoms with Gasteiger partial charge in [0.25, 0.3) is 0 Å². The van der Waals surface area contributed by atoms with Crippen molar-refractivity contribution < 1.29 is 14.3 Å². The molecule has 9 nitrogen and oxygen atoms in total. The van der Waals surface area contributed by atoms with Crippen LogP contribution in [0.3, 0.4) is 0 Å². The fourth-order valence-corrected chi connectivity index (χ4v) is 4.51. The average molecular weight is 431 g/mol.